The van der Waals surface area contributed by atoms with E-state index in [4.69, 9.17) is 9.15 Å². The van der Waals surface area contributed by atoms with E-state index in [9.17, 15) is 14.4 Å². The Balaban J connectivity index is 1.68. The maximum atomic E-state index is 13.3. The van der Waals surface area contributed by atoms with Gasteiger partial charge < -0.3 is 19.8 Å². The smallest absolute Gasteiger partial charge is 0.278 e. The third-order valence-corrected chi connectivity index (χ3v) is 4.92. The van der Waals surface area contributed by atoms with Crippen LogP contribution in [0.4, 0.5) is 11.4 Å². The Morgan fingerprint density at radius 3 is 2.25 bits per heavy atom. The van der Waals surface area contributed by atoms with Crippen LogP contribution in [0.25, 0.3) is 5.57 Å². The minimum Gasteiger partial charge on any atom is -0.497 e. The number of amides is 3. The number of hydrogen-bond donors (Lipinski definition) is 2. The van der Waals surface area contributed by atoms with E-state index in [0.29, 0.717) is 28.4 Å². The van der Waals surface area contributed by atoms with Gasteiger partial charge in [0.05, 0.1) is 25.5 Å². The Morgan fingerprint density at radius 1 is 0.969 bits per heavy atom. The minimum atomic E-state index is -0.455. The number of nitrogens with one attached hydrogen (secondary N) is 2. The highest BCUT2D eigenvalue weighted by Crippen LogP contribution is 2.32. The van der Waals surface area contributed by atoms with Crippen LogP contribution in [-0.2, 0) is 20.9 Å². The number of methoxy groups -OCH3 is 1. The quantitative estimate of drug-likeness (QED) is 0.554. The molecule has 4 rings (SSSR count). The second-order valence-corrected chi connectivity index (χ2v) is 7.14. The predicted octanol–water partition coefficient (Wildman–Crippen LogP) is 3.64. The van der Waals surface area contributed by atoms with Crippen LogP contribution in [0.5, 0.6) is 5.75 Å². The van der Waals surface area contributed by atoms with Crippen molar-refractivity contribution in [1.29, 1.82) is 0 Å². The molecule has 162 valence electrons. The molecule has 8 nitrogen and oxygen atoms in total. The largest absolute Gasteiger partial charge is 0.497 e. The number of rotatable bonds is 7. The van der Waals surface area contributed by atoms with Crippen LogP contribution in [0.1, 0.15) is 18.2 Å². The van der Waals surface area contributed by atoms with Crippen molar-refractivity contribution in [1.82, 2.24) is 4.90 Å². The van der Waals surface area contributed by atoms with Crippen molar-refractivity contribution >= 4 is 34.7 Å². The maximum Gasteiger partial charge on any atom is 0.278 e. The summed E-state index contributed by atoms with van der Waals surface area (Å²) in [5.74, 6) is 0.0840. The third-order valence-electron chi connectivity index (χ3n) is 4.92. The standard InChI is InChI=1S/C24H21N3O5/c1-15(28)25-17-7-9-18(10-8-17)26-22-21(16-5-11-19(31-2)12-6-16)23(29)27(24(22)30)14-20-4-3-13-32-20/h3-13,26H,14H2,1-2H3,(H,25,28). The number of hydrogen-bond acceptors (Lipinski definition) is 6. The van der Waals surface area contributed by atoms with Gasteiger partial charge in [0, 0.05) is 18.3 Å². The SMILES string of the molecule is COc1ccc(C2=C(Nc3ccc(NC(C)=O)cc3)C(=O)N(Cc3ccco3)C2=O)cc1. The number of benzene rings is 2. The Kier molecular flexibility index (Phi) is 5.76. The Labute approximate surface area is 184 Å². The van der Waals surface area contributed by atoms with Crippen LogP contribution in [0.3, 0.4) is 0 Å². The van der Waals surface area contributed by atoms with Gasteiger partial charge in [0.2, 0.25) is 5.91 Å². The Bertz CT molecular complexity index is 1180. The molecule has 3 aromatic rings. The van der Waals surface area contributed by atoms with Crippen molar-refractivity contribution in [2.45, 2.75) is 13.5 Å². The Hall–Kier alpha value is -4.33. The van der Waals surface area contributed by atoms with E-state index in [2.05, 4.69) is 10.6 Å². The molecule has 32 heavy (non-hydrogen) atoms. The maximum absolute atomic E-state index is 13.3. The van der Waals surface area contributed by atoms with Crippen LogP contribution in [0.2, 0.25) is 0 Å². The predicted molar refractivity (Wildman–Crippen MR) is 119 cm³/mol. The molecule has 8 heteroatoms. The zero-order valence-corrected chi connectivity index (χ0v) is 17.5. The lowest BCUT2D eigenvalue weighted by molar-refractivity contribution is -0.137. The average molecular weight is 431 g/mol. The molecule has 0 aliphatic carbocycles. The van der Waals surface area contributed by atoms with E-state index in [-0.39, 0.29) is 23.7 Å². The van der Waals surface area contributed by atoms with Crippen molar-refractivity contribution in [3.8, 4) is 5.75 Å². The second-order valence-electron chi connectivity index (χ2n) is 7.14. The van der Waals surface area contributed by atoms with Gasteiger partial charge in [-0.3, -0.25) is 19.3 Å². The normalized spacial score (nSPS) is 13.5. The molecule has 2 heterocycles. The summed E-state index contributed by atoms with van der Waals surface area (Å²) in [5.41, 5.74) is 2.24. The number of carbonyl (C=O) groups excluding carboxylic acids is 3. The molecule has 0 bridgehead atoms. The number of anilines is 2. The fourth-order valence-corrected chi connectivity index (χ4v) is 3.40. The summed E-state index contributed by atoms with van der Waals surface area (Å²) in [7, 11) is 1.56. The summed E-state index contributed by atoms with van der Waals surface area (Å²) in [6.07, 6.45) is 1.49. The number of furan rings is 1. The van der Waals surface area contributed by atoms with E-state index in [1.165, 1.54) is 13.2 Å². The first-order chi connectivity index (χ1) is 15.5. The van der Waals surface area contributed by atoms with Crippen LogP contribution in [0.15, 0.2) is 77.0 Å². The molecule has 0 atom stereocenters. The highest BCUT2D eigenvalue weighted by atomic mass is 16.5. The zero-order chi connectivity index (χ0) is 22.7. The molecule has 0 fully saturated rings. The molecular formula is C24H21N3O5. The van der Waals surface area contributed by atoms with Crippen LogP contribution < -0.4 is 15.4 Å². The fourth-order valence-electron chi connectivity index (χ4n) is 3.40. The van der Waals surface area contributed by atoms with E-state index in [0.717, 1.165) is 4.90 Å². The third kappa shape index (κ3) is 4.24. The number of carbonyl (C=O) groups is 3. The molecular weight excluding hydrogens is 410 g/mol. The molecule has 0 unspecified atom stereocenters. The molecule has 0 saturated carbocycles. The summed E-state index contributed by atoms with van der Waals surface area (Å²) in [4.78, 5) is 38.9. The summed E-state index contributed by atoms with van der Waals surface area (Å²) >= 11 is 0. The van der Waals surface area contributed by atoms with E-state index in [1.807, 2.05) is 0 Å². The number of ether oxygens (including phenoxy) is 1. The Morgan fingerprint density at radius 2 is 1.66 bits per heavy atom. The molecule has 0 spiro atoms. The van der Waals surface area contributed by atoms with Gasteiger partial charge in [-0.1, -0.05) is 12.1 Å². The van der Waals surface area contributed by atoms with Crippen molar-refractivity contribution < 1.29 is 23.5 Å². The monoisotopic (exact) mass is 431 g/mol. The van der Waals surface area contributed by atoms with Crippen molar-refractivity contribution in [2.75, 3.05) is 17.7 Å². The van der Waals surface area contributed by atoms with Gasteiger partial charge in [-0.05, 0) is 54.1 Å². The lowest BCUT2D eigenvalue weighted by Gasteiger charge is -2.13. The van der Waals surface area contributed by atoms with Crippen molar-refractivity contribution in [3.63, 3.8) is 0 Å². The fraction of sp³-hybridized carbons (Fsp3) is 0.125. The van der Waals surface area contributed by atoms with Crippen LogP contribution in [0, 0.1) is 0 Å². The first kappa shape index (κ1) is 20.9. The molecule has 3 amide bonds. The first-order valence-corrected chi connectivity index (χ1v) is 9.88. The molecule has 1 aliphatic rings. The highest BCUT2D eigenvalue weighted by molar-refractivity contribution is 6.36. The lowest BCUT2D eigenvalue weighted by atomic mass is 10.0. The molecule has 0 saturated heterocycles. The first-order valence-electron chi connectivity index (χ1n) is 9.88. The van der Waals surface area contributed by atoms with Crippen LogP contribution >= 0.6 is 0 Å². The second kappa shape index (κ2) is 8.81. The zero-order valence-electron chi connectivity index (χ0n) is 17.5. The molecule has 1 aromatic heterocycles. The molecule has 2 N–H and O–H groups in total. The average Bonchev–Trinajstić information content (AvgIpc) is 3.38. The van der Waals surface area contributed by atoms with Crippen LogP contribution in [-0.4, -0.2) is 29.7 Å². The van der Waals surface area contributed by atoms with Gasteiger partial charge in [0.25, 0.3) is 11.8 Å². The summed E-state index contributed by atoms with van der Waals surface area (Å²) < 4.78 is 10.5. The van der Waals surface area contributed by atoms with E-state index >= 15 is 0 Å². The van der Waals surface area contributed by atoms with Crippen molar-refractivity contribution in [2.24, 2.45) is 0 Å². The number of nitrogens with zero attached hydrogens (tertiary/aromatic N) is 1. The van der Waals surface area contributed by atoms with Gasteiger partial charge in [-0.25, -0.2) is 0 Å². The number of imide groups is 1. The summed E-state index contributed by atoms with van der Waals surface area (Å²) in [5, 5.41) is 5.77. The molecule has 0 radical (unpaired) electrons. The lowest BCUT2D eigenvalue weighted by Crippen LogP contribution is -2.31. The topological polar surface area (TPSA) is 101 Å². The van der Waals surface area contributed by atoms with Gasteiger partial charge in [0.1, 0.15) is 17.2 Å². The van der Waals surface area contributed by atoms with E-state index in [1.54, 1.807) is 67.8 Å². The van der Waals surface area contributed by atoms with Gasteiger partial charge in [-0.15, -0.1) is 0 Å². The molecule has 1 aliphatic heterocycles. The minimum absolute atomic E-state index is 0.0248. The summed E-state index contributed by atoms with van der Waals surface area (Å²) in [6, 6.07) is 17.2. The highest BCUT2D eigenvalue weighted by Gasteiger charge is 2.39. The van der Waals surface area contributed by atoms with E-state index < -0.39 is 11.8 Å². The van der Waals surface area contributed by atoms with Gasteiger partial charge >= 0.3 is 0 Å². The van der Waals surface area contributed by atoms with Crippen molar-refractivity contribution in [3.05, 3.63) is 83.9 Å². The van der Waals surface area contributed by atoms with Gasteiger partial charge in [0.15, 0.2) is 0 Å². The molecule has 2 aromatic carbocycles. The van der Waals surface area contributed by atoms with Gasteiger partial charge in [-0.2, -0.15) is 0 Å². The summed E-state index contributed by atoms with van der Waals surface area (Å²) in [6.45, 7) is 1.45.